The molecule has 8 nitrogen and oxygen atoms in total. The van der Waals surface area contributed by atoms with E-state index >= 15 is 0 Å². The van der Waals surface area contributed by atoms with Gasteiger partial charge in [-0.3, -0.25) is 20.2 Å². The van der Waals surface area contributed by atoms with E-state index in [0.717, 1.165) is 25.7 Å². The molecule has 1 aliphatic rings. The van der Waals surface area contributed by atoms with Gasteiger partial charge in [0, 0.05) is 24.3 Å². The summed E-state index contributed by atoms with van der Waals surface area (Å²) in [7, 11) is 0. The van der Waals surface area contributed by atoms with Crippen LogP contribution in [-0.2, 0) is 0 Å². The highest BCUT2D eigenvalue weighted by Gasteiger charge is 2.22. The van der Waals surface area contributed by atoms with Crippen molar-refractivity contribution in [3.63, 3.8) is 0 Å². The lowest BCUT2D eigenvalue weighted by Crippen LogP contribution is -2.23. The third kappa shape index (κ3) is 5.42. The molecule has 0 atom stereocenters. The van der Waals surface area contributed by atoms with Crippen LogP contribution in [0.5, 0.6) is 11.5 Å². The zero-order valence-electron chi connectivity index (χ0n) is 15.4. The Kier molecular flexibility index (Phi) is 6.41. The molecular weight excluding hydrogens is 364 g/mol. The summed E-state index contributed by atoms with van der Waals surface area (Å²) in [4.78, 5) is 20.5. The molecule has 0 N–H and O–H groups in total. The Morgan fingerprint density at radius 1 is 0.679 bits per heavy atom. The molecule has 8 heteroatoms. The molecule has 3 rings (SSSR count). The van der Waals surface area contributed by atoms with Crippen molar-refractivity contribution in [3.8, 4) is 11.5 Å². The number of ether oxygens (including phenoxy) is 2. The zero-order valence-corrected chi connectivity index (χ0v) is 15.4. The van der Waals surface area contributed by atoms with E-state index in [2.05, 4.69) is 0 Å². The number of nitro groups is 2. The van der Waals surface area contributed by atoms with Crippen LogP contribution in [0, 0.1) is 32.1 Å². The number of rotatable bonds is 8. The highest BCUT2D eigenvalue weighted by molar-refractivity contribution is 5.36. The molecule has 1 fully saturated rings. The monoisotopic (exact) mass is 386 g/mol. The maximum Gasteiger partial charge on any atom is 0.269 e. The third-order valence-corrected chi connectivity index (χ3v) is 5.03. The summed E-state index contributed by atoms with van der Waals surface area (Å²) in [6.07, 6.45) is 4.17. The van der Waals surface area contributed by atoms with Crippen LogP contribution in [0.1, 0.15) is 25.7 Å². The fourth-order valence-corrected chi connectivity index (χ4v) is 3.32. The predicted molar refractivity (Wildman–Crippen MR) is 103 cm³/mol. The predicted octanol–water partition coefficient (Wildman–Crippen LogP) is 4.77. The van der Waals surface area contributed by atoms with Gasteiger partial charge in [-0.05, 0) is 61.8 Å². The van der Waals surface area contributed by atoms with Gasteiger partial charge in [-0.2, -0.15) is 0 Å². The zero-order chi connectivity index (χ0) is 19.9. The minimum Gasteiger partial charge on any atom is -0.493 e. The second kappa shape index (κ2) is 9.16. The van der Waals surface area contributed by atoms with Gasteiger partial charge in [0.1, 0.15) is 11.5 Å². The van der Waals surface area contributed by atoms with Gasteiger partial charge in [-0.1, -0.05) is 0 Å². The van der Waals surface area contributed by atoms with Gasteiger partial charge in [-0.15, -0.1) is 0 Å². The number of benzene rings is 2. The lowest BCUT2D eigenvalue weighted by atomic mass is 9.83. The summed E-state index contributed by atoms with van der Waals surface area (Å²) in [5.41, 5.74) is 0.113. The Hall–Kier alpha value is -3.16. The van der Waals surface area contributed by atoms with Gasteiger partial charge in [0.15, 0.2) is 0 Å². The van der Waals surface area contributed by atoms with E-state index in [9.17, 15) is 20.2 Å². The molecular formula is C20H22N2O6. The van der Waals surface area contributed by atoms with E-state index in [4.69, 9.17) is 9.47 Å². The molecule has 2 aromatic rings. The Balaban J connectivity index is 1.37. The summed E-state index contributed by atoms with van der Waals surface area (Å²) in [6.45, 7) is 1.21. The number of nitrogens with zero attached hydrogens (tertiary/aromatic N) is 2. The second-order valence-electron chi connectivity index (χ2n) is 7.01. The molecule has 0 aromatic heterocycles. The first-order chi connectivity index (χ1) is 13.5. The quantitative estimate of drug-likeness (QED) is 0.478. The van der Waals surface area contributed by atoms with Crippen LogP contribution in [-0.4, -0.2) is 23.1 Å². The van der Waals surface area contributed by atoms with Crippen molar-refractivity contribution in [3.05, 3.63) is 68.8 Å². The Morgan fingerprint density at radius 2 is 1.00 bits per heavy atom. The lowest BCUT2D eigenvalue weighted by Gasteiger charge is -2.28. The Morgan fingerprint density at radius 3 is 1.29 bits per heavy atom. The Bertz CT molecular complexity index is 729. The first kappa shape index (κ1) is 19.6. The van der Waals surface area contributed by atoms with E-state index in [1.165, 1.54) is 24.3 Å². The van der Waals surface area contributed by atoms with Crippen molar-refractivity contribution >= 4 is 11.4 Å². The molecule has 0 bridgehead atoms. The summed E-state index contributed by atoms with van der Waals surface area (Å²) in [6, 6.07) is 12.3. The van der Waals surface area contributed by atoms with Gasteiger partial charge >= 0.3 is 0 Å². The number of hydrogen-bond acceptors (Lipinski definition) is 6. The standard InChI is InChI=1S/C20H22N2O6/c23-21(24)17-5-9-19(10-6-17)27-13-15-1-2-16(4-3-15)14-28-20-11-7-18(8-12-20)22(25)26/h5-12,15-16H,1-4,13-14H2. The number of nitro benzene ring substituents is 2. The second-order valence-corrected chi connectivity index (χ2v) is 7.01. The topological polar surface area (TPSA) is 105 Å². The Labute approximate surface area is 162 Å². The molecule has 1 saturated carbocycles. The molecule has 0 radical (unpaired) electrons. The lowest BCUT2D eigenvalue weighted by molar-refractivity contribution is -0.385. The van der Waals surface area contributed by atoms with E-state index in [1.807, 2.05) is 0 Å². The van der Waals surface area contributed by atoms with Gasteiger partial charge in [-0.25, -0.2) is 0 Å². The minimum absolute atomic E-state index is 0.0564. The summed E-state index contributed by atoms with van der Waals surface area (Å²) < 4.78 is 11.5. The smallest absolute Gasteiger partial charge is 0.269 e. The fourth-order valence-electron chi connectivity index (χ4n) is 3.32. The van der Waals surface area contributed by atoms with Crippen LogP contribution in [0.3, 0.4) is 0 Å². The molecule has 0 aliphatic heterocycles. The first-order valence-electron chi connectivity index (χ1n) is 9.26. The highest BCUT2D eigenvalue weighted by atomic mass is 16.6. The van der Waals surface area contributed by atoms with E-state index in [0.29, 0.717) is 36.5 Å². The summed E-state index contributed by atoms with van der Waals surface area (Å²) in [5.74, 6) is 2.22. The van der Waals surface area contributed by atoms with Crippen molar-refractivity contribution in [1.82, 2.24) is 0 Å². The third-order valence-electron chi connectivity index (χ3n) is 5.03. The molecule has 0 unspecified atom stereocenters. The van der Waals surface area contributed by atoms with Gasteiger partial charge < -0.3 is 9.47 Å². The van der Waals surface area contributed by atoms with E-state index in [1.54, 1.807) is 24.3 Å². The molecule has 0 spiro atoms. The highest BCUT2D eigenvalue weighted by Crippen LogP contribution is 2.30. The van der Waals surface area contributed by atoms with Crippen molar-refractivity contribution in [2.75, 3.05) is 13.2 Å². The minimum atomic E-state index is -0.427. The molecule has 0 saturated heterocycles. The molecule has 2 aromatic carbocycles. The van der Waals surface area contributed by atoms with Crippen LogP contribution in [0.4, 0.5) is 11.4 Å². The number of non-ortho nitro benzene ring substituents is 2. The summed E-state index contributed by atoms with van der Waals surface area (Å²) >= 11 is 0. The van der Waals surface area contributed by atoms with Crippen LogP contribution in [0.25, 0.3) is 0 Å². The van der Waals surface area contributed by atoms with Crippen molar-refractivity contribution in [2.45, 2.75) is 25.7 Å². The van der Waals surface area contributed by atoms with Crippen molar-refractivity contribution < 1.29 is 19.3 Å². The van der Waals surface area contributed by atoms with Crippen LogP contribution >= 0.6 is 0 Å². The molecule has 0 heterocycles. The molecule has 28 heavy (non-hydrogen) atoms. The molecule has 0 amide bonds. The van der Waals surface area contributed by atoms with Gasteiger partial charge in [0.05, 0.1) is 23.1 Å². The molecule has 148 valence electrons. The van der Waals surface area contributed by atoms with Gasteiger partial charge in [0.2, 0.25) is 0 Å². The van der Waals surface area contributed by atoms with Crippen molar-refractivity contribution in [2.24, 2.45) is 11.8 Å². The molecule has 1 aliphatic carbocycles. The average molecular weight is 386 g/mol. The largest absolute Gasteiger partial charge is 0.493 e. The normalized spacial score (nSPS) is 19.0. The van der Waals surface area contributed by atoms with Crippen LogP contribution in [0.2, 0.25) is 0 Å². The number of hydrogen-bond donors (Lipinski definition) is 0. The van der Waals surface area contributed by atoms with Crippen LogP contribution in [0.15, 0.2) is 48.5 Å². The van der Waals surface area contributed by atoms with E-state index < -0.39 is 9.85 Å². The first-order valence-corrected chi connectivity index (χ1v) is 9.26. The van der Waals surface area contributed by atoms with Gasteiger partial charge in [0.25, 0.3) is 11.4 Å². The maximum atomic E-state index is 10.7. The fraction of sp³-hybridized carbons (Fsp3) is 0.400. The summed E-state index contributed by atoms with van der Waals surface area (Å²) in [5, 5.41) is 21.3. The average Bonchev–Trinajstić information content (AvgIpc) is 2.72. The maximum absolute atomic E-state index is 10.7. The van der Waals surface area contributed by atoms with E-state index in [-0.39, 0.29) is 11.4 Å². The SMILES string of the molecule is O=[N+]([O-])c1ccc(OCC2CCC(COc3ccc([N+](=O)[O-])cc3)CC2)cc1. The van der Waals surface area contributed by atoms with Crippen molar-refractivity contribution in [1.29, 1.82) is 0 Å². The van der Waals surface area contributed by atoms with Crippen LogP contribution < -0.4 is 9.47 Å².